The molecule has 158 valence electrons. The van der Waals surface area contributed by atoms with Crippen molar-refractivity contribution < 1.29 is 9.53 Å². The zero-order chi connectivity index (χ0) is 21.8. The molecule has 2 aromatic carbocycles. The SMILES string of the molecule is COc1ccc(-n2cc(C(=O)NCCCn3nc4ccccc4c3C)ccc2=O)cc1. The van der Waals surface area contributed by atoms with E-state index in [2.05, 4.69) is 23.4 Å². The van der Waals surface area contributed by atoms with E-state index >= 15 is 0 Å². The van der Waals surface area contributed by atoms with Crippen LogP contribution in [0.5, 0.6) is 5.75 Å². The van der Waals surface area contributed by atoms with Gasteiger partial charge in [-0.1, -0.05) is 18.2 Å². The van der Waals surface area contributed by atoms with E-state index in [9.17, 15) is 9.59 Å². The number of carbonyl (C=O) groups excluding carboxylic acids is 1. The van der Waals surface area contributed by atoms with Crippen molar-refractivity contribution in [1.29, 1.82) is 0 Å². The molecule has 31 heavy (non-hydrogen) atoms. The molecule has 7 heteroatoms. The number of methoxy groups -OCH3 is 1. The van der Waals surface area contributed by atoms with Crippen LogP contribution in [0, 0.1) is 6.92 Å². The van der Waals surface area contributed by atoms with Crippen molar-refractivity contribution in [1.82, 2.24) is 19.7 Å². The molecule has 0 saturated heterocycles. The van der Waals surface area contributed by atoms with Gasteiger partial charge >= 0.3 is 0 Å². The monoisotopic (exact) mass is 416 g/mol. The normalized spacial score (nSPS) is 10.9. The van der Waals surface area contributed by atoms with Crippen molar-refractivity contribution in [2.45, 2.75) is 19.9 Å². The summed E-state index contributed by atoms with van der Waals surface area (Å²) < 4.78 is 8.58. The number of rotatable bonds is 7. The Morgan fingerprint density at radius 1 is 1.06 bits per heavy atom. The van der Waals surface area contributed by atoms with Crippen LogP contribution in [0.3, 0.4) is 0 Å². The van der Waals surface area contributed by atoms with E-state index in [4.69, 9.17) is 4.74 Å². The Balaban J connectivity index is 1.39. The maximum atomic E-state index is 12.6. The van der Waals surface area contributed by atoms with Gasteiger partial charge in [0.15, 0.2) is 0 Å². The highest BCUT2D eigenvalue weighted by Gasteiger charge is 2.10. The number of pyridine rings is 1. The van der Waals surface area contributed by atoms with Gasteiger partial charge in [0.25, 0.3) is 11.5 Å². The third-order valence-corrected chi connectivity index (χ3v) is 5.27. The van der Waals surface area contributed by atoms with Gasteiger partial charge in [0.1, 0.15) is 5.75 Å². The Kier molecular flexibility index (Phi) is 5.84. The van der Waals surface area contributed by atoms with Crippen molar-refractivity contribution in [3.05, 3.63) is 88.5 Å². The van der Waals surface area contributed by atoms with Gasteiger partial charge in [0.2, 0.25) is 0 Å². The summed E-state index contributed by atoms with van der Waals surface area (Å²) >= 11 is 0. The Morgan fingerprint density at radius 2 is 1.84 bits per heavy atom. The molecule has 0 aliphatic carbocycles. The second-order valence-electron chi connectivity index (χ2n) is 7.26. The molecule has 1 amide bonds. The van der Waals surface area contributed by atoms with Crippen LogP contribution in [0.25, 0.3) is 16.6 Å². The quantitative estimate of drug-likeness (QED) is 0.469. The van der Waals surface area contributed by atoms with Crippen LogP contribution >= 0.6 is 0 Å². The molecule has 0 aliphatic rings. The van der Waals surface area contributed by atoms with Gasteiger partial charge in [-0.25, -0.2) is 0 Å². The topological polar surface area (TPSA) is 78.2 Å². The third-order valence-electron chi connectivity index (χ3n) is 5.27. The summed E-state index contributed by atoms with van der Waals surface area (Å²) in [6, 6.07) is 18.1. The highest BCUT2D eigenvalue weighted by atomic mass is 16.5. The summed E-state index contributed by atoms with van der Waals surface area (Å²) in [5, 5.41) is 8.68. The van der Waals surface area contributed by atoms with Gasteiger partial charge in [-0.2, -0.15) is 5.10 Å². The predicted octanol–water partition coefficient (Wildman–Crippen LogP) is 3.32. The van der Waals surface area contributed by atoms with Crippen molar-refractivity contribution in [3.8, 4) is 11.4 Å². The molecule has 4 rings (SSSR count). The molecule has 0 bridgehead atoms. The zero-order valence-corrected chi connectivity index (χ0v) is 17.5. The smallest absolute Gasteiger partial charge is 0.255 e. The minimum Gasteiger partial charge on any atom is -0.497 e. The molecular formula is C24H24N4O3. The number of amides is 1. The van der Waals surface area contributed by atoms with E-state index in [0.717, 1.165) is 23.0 Å². The maximum Gasteiger partial charge on any atom is 0.255 e. The van der Waals surface area contributed by atoms with E-state index in [1.165, 1.54) is 10.6 Å². The summed E-state index contributed by atoms with van der Waals surface area (Å²) in [6.45, 7) is 3.28. The first-order valence-electron chi connectivity index (χ1n) is 10.1. The molecule has 0 aliphatic heterocycles. The minimum atomic E-state index is -0.218. The molecule has 0 spiro atoms. The Hall–Kier alpha value is -3.87. The molecule has 1 N–H and O–H groups in total. The van der Waals surface area contributed by atoms with E-state index in [1.807, 2.05) is 22.9 Å². The van der Waals surface area contributed by atoms with Crippen molar-refractivity contribution in [2.75, 3.05) is 13.7 Å². The van der Waals surface area contributed by atoms with Gasteiger partial charge in [-0.3, -0.25) is 18.8 Å². The van der Waals surface area contributed by atoms with Gasteiger partial charge in [0, 0.05) is 42.1 Å². The molecular weight excluding hydrogens is 392 g/mol. The first kappa shape index (κ1) is 20.4. The molecule has 2 aromatic heterocycles. The fraction of sp³-hybridized carbons (Fsp3) is 0.208. The number of fused-ring (bicyclic) bond motifs is 1. The van der Waals surface area contributed by atoms with Gasteiger partial charge in [0.05, 0.1) is 18.2 Å². The van der Waals surface area contributed by atoms with Crippen LogP contribution in [0.2, 0.25) is 0 Å². The molecule has 7 nitrogen and oxygen atoms in total. The lowest BCUT2D eigenvalue weighted by Crippen LogP contribution is -2.27. The number of nitrogens with one attached hydrogen (secondary N) is 1. The molecule has 2 heterocycles. The van der Waals surface area contributed by atoms with Crippen LogP contribution in [-0.4, -0.2) is 33.9 Å². The first-order valence-corrected chi connectivity index (χ1v) is 10.1. The van der Waals surface area contributed by atoms with Crippen molar-refractivity contribution >= 4 is 16.8 Å². The van der Waals surface area contributed by atoms with Gasteiger partial charge in [-0.15, -0.1) is 0 Å². The van der Waals surface area contributed by atoms with E-state index in [1.54, 1.807) is 43.6 Å². The first-order chi connectivity index (χ1) is 15.1. The van der Waals surface area contributed by atoms with Crippen molar-refractivity contribution in [3.63, 3.8) is 0 Å². The molecule has 0 saturated carbocycles. The number of benzene rings is 2. The highest BCUT2D eigenvalue weighted by molar-refractivity contribution is 5.93. The zero-order valence-electron chi connectivity index (χ0n) is 17.5. The molecule has 0 atom stereocenters. The largest absolute Gasteiger partial charge is 0.497 e. The standard InChI is InChI=1S/C24H24N4O3/c1-17-21-6-3-4-7-22(21)26-28(17)15-5-14-25-24(30)18-8-13-23(29)27(16-18)19-9-11-20(31-2)12-10-19/h3-4,6-13,16H,5,14-15H2,1-2H3,(H,25,30). The summed E-state index contributed by atoms with van der Waals surface area (Å²) in [5.74, 6) is 0.482. The third kappa shape index (κ3) is 4.35. The van der Waals surface area contributed by atoms with E-state index < -0.39 is 0 Å². The Morgan fingerprint density at radius 3 is 2.58 bits per heavy atom. The maximum absolute atomic E-state index is 12.6. The number of nitrogens with zero attached hydrogens (tertiary/aromatic N) is 3. The number of aromatic nitrogens is 3. The van der Waals surface area contributed by atoms with Crippen LogP contribution in [0.4, 0.5) is 0 Å². The lowest BCUT2D eigenvalue weighted by molar-refractivity contribution is 0.0952. The van der Waals surface area contributed by atoms with Crippen LogP contribution in [0.1, 0.15) is 22.5 Å². The Labute approximate surface area is 179 Å². The van der Waals surface area contributed by atoms with E-state index in [-0.39, 0.29) is 11.5 Å². The minimum absolute atomic E-state index is 0.206. The summed E-state index contributed by atoms with van der Waals surface area (Å²) in [6.07, 6.45) is 2.31. The molecule has 0 unspecified atom stereocenters. The van der Waals surface area contributed by atoms with Gasteiger partial charge < -0.3 is 10.1 Å². The number of aryl methyl sites for hydroxylation is 2. The highest BCUT2D eigenvalue weighted by Crippen LogP contribution is 2.17. The fourth-order valence-corrected chi connectivity index (χ4v) is 3.53. The Bertz CT molecular complexity index is 1270. The summed E-state index contributed by atoms with van der Waals surface area (Å²) in [5.41, 5.74) is 2.99. The molecule has 0 fully saturated rings. The predicted molar refractivity (Wildman–Crippen MR) is 120 cm³/mol. The average Bonchev–Trinajstić information content (AvgIpc) is 3.12. The number of ether oxygens (including phenoxy) is 1. The van der Waals surface area contributed by atoms with Gasteiger partial charge in [-0.05, 0) is 49.7 Å². The molecule has 0 radical (unpaired) electrons. The fourth-order valence-electron chi connectivity index (χ4n) is 3.53. The number of hydrogen-bond donors (Lipinski definition) is 1. The second kappa shape index (κ2) is 8.87. The van der Waals surface area contributed by atoms with E-state index in [0.29, 0.717) is 30.1 Å². The molecule has 4 aromatic rings. The van der Waals surface area contributed by atoms with Crippen LogP contribution in [-0.2, 0) is 6.54 Å². The van der Waals surface area contributed by atoms with Crippen LogP contribution < -0.4 is 15.6 Å². The number of carbonyl (C=O) groups is 1. The lowest BCUT2D eigenvalue weighted by Gasteiger charge is -2.10. The van der Waals surface area contributed by atoms with Crippen LogP contribution in [0.15, 0.2) is 71.7 Å². The summed E-state index contributed by atoms with van der Waals surface area (Å²) in [7, 11) is 1.59. The second-order valence-corrected chi connectivity index (χ2v) is 7.26. The lowest BCUT2D eigenvalue weighted by atomic mass is 10.2. The average molecular weight is 416 g/mol. The van der Waals surface area contributed by atoms with Crippen molar-refractivity contribution in [2.24, 2.45) is 0 Å². The summed E-state index contributed by atoms with van der Waals surface area (Å²) in [4.78, 5) is 24.9. The number of hydrogen-bond acceptors (Lipinski definition) is 4.